The van der Waals surface area contributed by atoms with Crippen LogP contribution in [0.5, 0.6) is 5.75 Å². The molecule has 0 bridgehead atoms. The lowest BCUT2D eigenvalue weighted by Gasteiger charge is -2.27. The van der Waals surface area contributed by atoms with Gasteiger partial charge in [-0.05, 0) is 37.6 Å². The molecule has 0 spiro atoms. The monoisotopic (exact) mass is 344 g/mol. The fourth-order valence-corrected chi connectivity index (χ4v) is 2.23. The number of carbonyl (C=O) groups excluding carboxylic acids is 1. The van der Waals surface area contributed by atoms with Gasteiger partial charge in [-0.15, -0.1) is 12.4 Å². The van der Waals surface area contributed by atoms with Crippen molar-refractivity contribution in [1.82, 2.24) is 10.2 Å². The fraction of sp³-hybridized carbons (Fsp3) is 0.500. The number of halogens is 1. The number of nitrogens with one attached hydrogen (secondary N) is 1. The number of carbonyl (C=O) groups is 2. The first-order valence-electron chi connectivity index (χ1n) is 7.31. The number of carboxylic acid groups (broad SMARTS) is 1. The van der Waals surface area contributed by atoms with Crippen molar-refractivity contribution in [2.24, 2.45) is 0 Å². The minimum Gasteiger partial charge on any atom is -0.497 e. The maximum atomic E-state index is 11.7. The number of hydrogen-bond acceptors (Lipinski definition) is 4. The van der Waals surface area contributed by atoms with E-state index in [0.29, 0.717) is 0 Å². The minimum absolute atomic E-state index is 0. The number of amides is 1. The minimum atomic E-state index is -1.04. The Hall–Kier alpha value is -1.79. The number of carboxylic acids is 1. The van der Waals surface area contributed by atoms with Gasteiger partial charge >= 0.3 is 5.97 Å². The highest BCUT2D eigenvalue weighted by Gasteiger charge is 2.16. The van der Waals surface area contributed by atoms with E-state index >= 15 is 0 Å². The number of nitrogens with zero attached hydrogens (tertiary/aromatic N) is 1. The van der Waals surface area contributed by atoms with Crippen LogP contribution in [0, 0.1) is 0 Å². The van der Waals surface area contributed by atoms with Crippen LogP contribution in [-0.4, -0.2) is 54.7 Å². The van der Waals surface area contributed by atoms with Crippen LogP contribution in [0.2, 0.25) is 0 Å². The molecule has 130 valence electrons. The van der Waals surface area contributed by atoms with Gasteiger partial charge in [-0.3, -0.25) is 14.5 Å². The number of methoxy groups -OCH3 is 1. The highest BCUT2D eigenvalue weighted by Crippen LogP contribution is 2.14. The van der Waals surface area contributed by atoms with Crippen LogP contribution >= 0.6 is 12.4 Å². The van der Waals surface area contributed by atoms with Gasteiger partial charge in [0.25, 0.3) is 0 Å². The van der Waals surface area contributed by atoms with E-state index in [-0.39, 0.29) is 37.4 Å². The smallest absolute Gasteiger partial charge is 0.322 e. The summed E-state index contributed by atoms with van der Waals surface area (Å²) in [6.45, 7) is 4.61. The third-order valence-electron chi connectivity index (χ3n) is 3.50. The number of hydrogen-bond donors (Lipinski definition) is 2. The first kappa shape index (κ1) is 21.2. The highest BCUT2D eigenvalue weighted by molar-refractivity contribution is 5.85. The van der Waals surface area contributed by atoms with Gasteiger partial charge in [0.15, 0.2) is 0 Å². The Labute approximate surface area is 143 Å². The molecule has 1 rings (SSSR count). The van der Waals surface area contributed by atoms with E-state index in [2.05, 4.69) is 12.2 Å². The van der Waals surface area contributed by atoms with E-state index in [1.807, 2.05) is 36.1 Å². The second-order valence-electron chi connectivity index (χ2n) is 5.13. The summed E-state index contributed by atoms with van der Waals surface area (Å²) < 4.78 is 5.13. The first-order chi connectivity index (χ1) is 10.5. The van der Waals surface area contributed by atoms with E-state index in [1.54, 1.807) is 7.11 Å². The Morgan fingerprint density at radius 1 is 1.30 bits per heavy atom. The number of rotatable bonds is 9. The third-order valence-corrected chi connectivity index (χ3v) is 3.50. The number of aliphatic carboxylic acids is 1. The topological polar surface area (TPSA) is 78.9 Å². The molecular formula is C16H25ClN2O4. The van der Waals surface area contributed by atoms with E-state index in [9.17, 15) is 9.59 Å². The predicted molar refractivity (Wildman–Crippen MR) is 91.3 cm³/mol. The molecule has 6 nitrogen and oxygen atoms in total. The van der Waals surface area contributed by atoms with Crippen molar-refractivity contribution in [2.45, 2.75) is 26.3 Å². The summed E-state index contributed by atoms with van der Waals surface area (Å²) in [6.07, 6.45) is 0.810. The molecule has 0 saturated carbocycles. The molecule has 0 radical (unpaired) electrons. The highest BCUT2D eigenvalue weighted by atomic mass is 35.5. The molecule has 0 aliphatic heterocycles. The second-order valence-corrected chi connectivity index (χ2v) is 5.13. The van der Waals surface area contributed by atoms with Gasteiger partial charge < -0.3 is 15.2 Å². The van der Waals surface area contributed by atoms with Crippen molar-refractivity contribution in [3.8, 4) is 5.75 Å². The van der Waals surface area contributed by atoms with Gasteiger partial charge in [0.1, 0.15) is 12.3 Å². The lowest BCUT2D eigenvalue weighted by molar-refractivity contribution is -0.138. The molecule has 0 fully saturated rings. The van der Waals surface area contributed by atoms with Crippen LogP contribution in [0.3, 0.4) is 0 Å². The summed E-state index contributed by atoms with van der Waals surface area (Å²) in [5, 5.41) is 10.9. The van der Waals surface area contributed by atoms with Gasteiger partial charge in [-0.1, -0.05) is 19.1 Å². The molecule has 0 aliphatic rings. The Bertz CT molecular complexity index is 493. The van der Waals surface area contributed by atoms with Crippen molar-refractivity contribution in [3.63, 3.8) is 0 Å². The second kappa shape index (κ2) is 10.9. The predicted octanol–water partition coefficient (Wildman–Crippen LogP) is 1.57. The SMILES string of the molecule is CCN(CC(=O)NCC(=O)O)C(C)Cc1ccc(OC)cc1.Cl. The maximum Gasteiger partial charge on any atom is 0.322 e. The van der Waals surface area contributed by atoms with Gasteiger partial charge in [-0.2, -0.15) is 0 Å². The molecule has 1 amide bonds. The molecule has 7 heteroatoms. The van der Waals surface area contributed by atoms with Crippen molar-refractivity contribution < 1.29 is 19.4 Å². The maximum absolute atomic E-state index is 11.7. The number of likely N-dealkylation sites (N-methyl/N-ethyl adjacent to an activating group) is 1. The van der Waals surface area contributed by atoms with E-state index in [0.717, 1.165) is 24.3 Å². The average Bonchev–Trinajstić information content (AvgIpc) is 2.51. The summed E-state index contributed by atoms with van der Waals surface area (Å²) in [5.41, 5.74) is 1.16. The molecule has 0 aromatic heterocycles. The molecule has 1 unspecified atom stereocenters. The molecule has 0 aliphatic carbocycles. The van der Waals surface area contributed by atoms with Crippen LogP contribution in [0.4, 0.5) is 0 Å². The summed E-state index contributed by atoms with van der Waals surface area (Å²) in [4.78, 5) is 24.2. The first-order valence-corrected chi connectivity index (χ1v) is 7.31. The molecular weight excluding hydrogens is 320 g/mol. The summed E-state index contributed by atoms with van der Waals surface area (Å²) >= 11 is 0. The van der Waals surface area contributed by atoms with Crippen LogP contribution in [0.1, 0.15) is 19.4 Å². The molecule has 1 aromatic carbocycles. The summed E-state index contributed by atoms with van der Waals surface area (Å²) in [5.74, 6) is -0.495. The molecule has 1 aromatic rings. The Morgan fingerprint density at radius 3 is 2.39 bits per heavy atom. The van der Waals surface area contributed by atoms with Gasteiger partial charge in [0.05, 0.1) is 13.7 Å². The van der Waals surface area contributed by atoms with Crippen molar-refractivity contribution in [3.05, 3.63) is 29.8 Å². The zero-order valence-corrected chi connectivity index (χ0v) is 14.6. The Kier molecular flexibility index (Phi) is 10.0. The van der Waals surface area contributed by atoms with Gasteiger partial charge in [-0.25, -0.2) is 0 Å². The summed E-state index contributed by atoms with van der Waals surface area (Å²) in [7, 11) is 1.63. The lowest BCUT2D eigenvalue weighted by Crippen LogP contribution is -2.43. The average molecular weight is 345 g/mol. The van der Waals surface area contributed by atoms with E-state index in [4.69, 9.17) is 9.84 Å². The Morgan fingerprint density at radius 2 is 1.91 bits per heavy atom. The molecule has 2 N–H and O–H groups in total. The lowest BCUT2D eigenvalue weighted by atomic mass is 10.1. The van der Waals surface area contributed by atoms with E-state index < -0.39 is 5.97 Å². The number of benzene rings is 1. The van der Waals surface area contributed by atoms with E-state index in [1.165, 1.54) is 0 Å². The van der Waals surface area contributed by atoms with Gasteiger partial charge in [0.2, 0.25) is 5.91 Å². The largest absolute Gasteiger partial charge is 0.497 e. The third kappa shape index (κ3) is 7.85. The molecule has 1 atom stereocenters. The zero-order valence-electron chi connectivity index (χ0n) is 13.7. The number of ether oxygens (including phenoxy) is 1. The van der Waals surface area contributed by atoms with Crippen molar-refractivity contribution in [1.29, 1.82) is 0 Å². The molecule has 0 heterocycles. The van der Waals surface area contributed by atoms with Crippen LogP contribution in [0.15, 0.2) is 24.3 Å². The van der Waals surface area contributed by atoms with Crippen molar-refractivity contribution in [2.75, 3.05) is 26.7 Å². The summed E-state index contributed by atoms with van der Waals surface area (Å²) in [6, 6.07) is 8.02. The fourth-order valence-electron chi connectivity index (χ4n) is 2.23. The molecule has 23 heavy (non-hydrogen) atoms. The quantitative estimate of drug-likeness (QED) is 0.711. The van der Waals surface area contributed by atoms with Crippen LogP contribution in [0.25, 0.3) is 0 Å². The standard InChI is InChI=1S/C16H24N2O4.ClH/c1-4-18(11-15(19)17-10-16(20)21)12(2)9-13-5-7-14(22-3)8-6-13;/h5-8,12H,4,9-11H2,1-3H3,(H,17,19)(H,20,21);1H. The zero-order chi connectivity index (χ0) is 16.5. The van der Waals surface area contributed by atoms with Gasteiger partial charge in [0, 0.05) is 6.04 Å². The van der Waals surface area contributed by atoms with Crippen LogP contribution in [-0.2, 0) is 16.0 Å². The normalized spacial score (nSPS) is 11.5. The van der Waals surface area contributed by atoms with Crippen molar-refractivity contribution >= 4 is 24.3 Å². The molecule has 0 saturated heterocycles. The Balaban J connectivity index is 0.00000484. The van der Waals surface area contributed by atoms with Crippen LogP contribution < -0.4 is 10.1 Å².